The van der Waals surface area contributed by atoms with E-state index in [9.17, 15) is 4.79 Å². The van der Waals surface area contributed by atoms with Crippen LogP contribution in [0.15, 0.2) is 0 Å². The first kappa shape index (κ1) is 15.4. The number of hydrogen-bond donors (Lipinski definition) is 2. The van der Waals surface area contributed by atoms with Gasteiger partial charge in [-0.1, -0.05) is 20.8 Å². The quantitative estimate of drug-likeness (QED) is 0.753. The van der Waals surface area contributed by atoms with Crippen LogP contribution in [0.1, 0.15) is 34.6 Å². The molecule has 0 fully saturated rings. The maximum Gasteiger partial charge on any atom is 0.238 e. The molecule has 2 N–H and O–H groups in total. The van der Waals surface area contributed by atoms with Gasteiger partial charge < -0.3 is 10.4 Å². The molecule has 0 bridgehead atoms. The molecule has 4 nitrogen and oxygen atoms in total. The summed E-state index contributed by atoms with van der Waals surface area (Å²) in [5.74, 6) is -0.0449. The summed E-state index contributed by atoms with van der Waals surface area (Å²) in [6, 6.07) is -0.210. The van der Waals surface area contributed by atoms with Gasteiger partial charge in [-0.05, 0) is 33.4 Å². The molecular weight excluding hydrogens is 204 g/mol. The molecule has 0 aliphatic rings. The van der Waals surface area contributed by atoms with Gasteiger partial charge in [0.2, 0.25) is 5.91 Å². The highest BCUT2D eigenvalue weighted by molar-refractivity contribution is 5.83. The normalized spacial score (nSPS) is 15.1. The van der Waals surface area contributed by atoms with Gasteiger partial charge in [0, 0.05) is 0 Å². The van der Waals surface area contributed by atoms with Crippen molar-refractivity contribution in [2.75, 3.05) is 20.7 Å². The van der Waals surface area contributed by atoms with E-state index < -0.39 is 5.54 Å². The lowest BCUT2D eigenvalue weighted by Crippen LogP contribution is -2.57. The lowest BCUT2D eigenvalue weighted by molar-refractivity contribution is -0.131. The molecule has 0 aromatic rings. The molecule has 0 aliphatic carbocycles. The summed E-state index contributed by atoms with van der Waals surface area (Å²) < 4.78 is 0. The van der Waals surface area contributed by atoms with E-state index in [4.69, 9.17) is 5.11 Å². The summed E-state index contributed by atoms with van der Waals surface area (Å²) in [6.45, 7) is 9.64. The Balaban J connectivity index is 4.79. The topological polar surface area (TPSA) is 52.6 Å². The standard InChI is InChI=1S/C12H26N2O2/c1-11(2,3)9(14(6)7)10(16)13-12(4,5)8-15/h9,15H,8H2,1-7H3,(H,13,16). The van der Waals surface area contributed by atoms with Gasteiger partial charge in [-0.2, -0.15) is 0 Å². The molecule has 0 aromatic carbocycles. The fourth-order valence-corrected chi connectivity index (χ4v) is 1.84. The molecule has 0 radical (unpaired) electrons. The Hall–Kier alpha value is -0.610. The van der Waals surface area contributed by atoms with Gasteiger partial charge in [0.05, 0.1) is 18.2 Å². The number of nitrogens with one attached hydrogen (secondary N) is 1. The van der Waals surface area contributed by atoms with Crippen molar-refractivity contribution in [1.29, 1.82) is 0 Å². The molecule has 96 valence electrons. The molecule has 1 unspecified atom stereocenters. The lowest BCUT2D eigenvalue weighted by atomic mass is 9.85. The van der Waals surface area contributed by atoms with E-state index in [1.54, 1.807) is 13.8 Å². The summed E-state index contributed by atoms with van der Waals surface area (Å²) in [7, 11) is 3.78. The number of carbonyl (C=O) groups excluding carboxylic acids is 1. The van der Waals surface area contributed by atoms with Crippen LogP contribution in [0.3, 0.4) is 0 Å². The molecule has 0 saturated carbocycles. The molecule has 0 heterocycles. The molecular formula is C12H26N2O2. The van der Waals surface area contributed by atoms with Gasteiger partial charge in [0.15, 0.2) is 0 Å². The van der Waals surface area contributed by atoms with Crippen molar-refractivity contribution < 1.29 is 9.90 Å². The summed E-state index contributed by atoms with van der Waals surface area (Å²) >= 11 is 0. The van der Waals surface area contributed by atoms with Gasteiger partial charge in [-0.3, -0.25) is 9.69 Å². The Kier molecular flexibility index (Phi) is 4.95. The second-order valence-corrected chi connectivity index (χ2v) is 6.26. The van der Waals surface area contributed by atoms with Crippen LogP contribution >= 0.6 is 0 Å². The molecule has 16 heavy (non-hydrogen) atoms. The van der Waals surface area contributed by atoms with E-state index in [0.717, 1.165) is 0 Å². The number of aliphatic hydroxyl groups excluding tert-OH is 1. The van der Waals surface area contributed by atoms with Crippen molar-refractivity contribution in [2.45, 2.75) is 46.2 Å². The summed E-state index contributed by atoms with van der Waals surface area (Å²) in [5.41, 5.74) is -0.713. The smallest absolute Gasteiger partial charge is 0.238 e. The Labute approximate surface area is 99.0 Å². The fourth-order valence-electron chi connectivity index (χ4n) is 1.84. The Bertz CT molecular complexity index is 242. The van der Waals surface area contributed by atoms with Crippen molar-refractivity contribution >= 4 is 5.91 Å². The maximum absolute atomic E-state index is 12.1. The van der Waals surface area contributed by atoms with E-state index in [-0.39, 0.29) is 24.0 Å². The van der Waals surface area contributed by atoms with Crippen molar-refractivity contribution in [1.82, 2.24) is 10.2 Å². The molecule has 0 saturated heterocycles. The van der Waals surface area contributed by atoms with Crippen LogP contribution in [-0.4, -0.2) is 48.2 Å². The minimum Gasteiger partial charge on any atom is -0.394 e. The second-order valence-electron chi connectivity index (χ2n) is 6.26. The van der Waals surface area contributed by atoms with E-state index in [0.29, 0.717) is 0 Å². The third-order valence-electron chi connectivity index (χ3n) is 2.44. The minimum absolute atomic E-state index is 0.0449. The van der Waals surface area contributed by atoms with E-state index in [2.05, 4.69) is 5.32 Å². The maximum atomic E-state index is 12.1. The number of rotatable bonds is 4. The first-order chi connectivity index (χ1) is 7.01. The van der Waals surface area contributed by atoms with Gasteiger partial charge in [-0.25, -0.2) is 0 Å². The SMILES string of the molecule is CN(C)C(C(=O)NC(C)(C)CO)C(C)(C)C. The van der Waals surface area contributed by atoms with Crippen LogP contribution < -0.4 is 5.32 Å². The zero-order valence-electron chi connectivity index (χ0n) is 11.6. The van der Waals surface area contributed by atoms with Gasteiger partial charge in [0.1, 0.15) is 0 Å². The molecule has 1 amide bonds. The monoisotopic (exact) mass is 230 g/mol. The Morgan fingerprint density at radius 1 is 1.25 bits per heavy atom. The van der Waals surface area contributed by atoms with E-state index in [1.165, 1.54) is 0 Å². The van der Waals surface area contributed by atoms with Crippen LogP contribution in [0.5, 0.6) is 0 Å². The van der Waals surface area contributed by atoms with Crippen LogP contribution in [0, 0.1) is 5.41 Å². The molecule has 0 aliphatic heterocycles. The van der Waals surface area contributed by atoms with Gasteiger partial charge >= 0.3 is 0 Å². The van der Waals surface area contributed by atoms with Crippen molar-refractivity contribution in [3.63, 3.8) is 0 Å². The zero-order valence-corrected chi connectivity index (χ0v) is 11.6. The van der Waals surface area contributed by atoms with Gasteiger partial charge in [0.25, 0.3) is 0 Å². The number of likely N-dealkylation sites (N-methyl/N-ethyl adjacent to an activating group) is 1. The van der Waals surface area contributed by atoms with Crippen LogP contribution in [0.25, 0.3) is 0 Å². The molecule has 0 aromatic heterocycles. The highest BCUT2D eigenvalue weighted by atomic mass is 16.3. The average Bonchev–Trinajstić information content (AvgIpc) is 1.99. The lowest BCUT2D eigenvalue weighted by Gasteiger charge is -2.37. The molecule has 4 heteroatoms. The number of carbonyl (C=O) groups is 1. The Morgan fingerprint density at radius 3 is 1.94 bits per heavy atom. The predicted octanol–water partition coefficient (Wildman–Crippen LogP) is 0.850. The van der Waals surface area contributed by atoms with Gasteiger partial charge in [-0.15, -0.1) is 0 Å². The second kappa shape index (κ2) is 5.15. The van der Waals surface area contributed by atoms with Crippen LogP contribution in [0.2, 0.25) is 0 Å². The first-order valence-corrected chi connectivity index (χ1v) is 5.60. The molecule has 1 atom stereocenters. The third-order valence-corrected chi connectivity index (χ3v) is 2.44. The highest BCUT2D eigenvalue weighted by Gasteiger charge is 2.35. The summed E-state index contributed by atoms with van der Waals surface area (Å²) in [4.78, 5) is 14.0. The average molecular weight is 230 g/mol. The van der Waals surface area contributed by atoms with Crippen molar-refractivity contribution in [3.8, 4) is 0 Å². The number of aliphatic hydroxyl groups is 1. The van der Waals surface area contributed by atoms with E-state index in [1.807, 2.05) is 39.8 Å². The number of hydrogen-bond acceptors (Lipinski definition) is 3. The number of amides is 1. The molecule has 0 rings (SSSR count). The number of nitrogens with zero attached hydrogens (tertiary/aromatic N) is 1. The zero-order chi connectivity index (χ0) is 13.1. The highest BCUT2D eigenvalue weighted by Crippen LogP contribution is 2.23. The van der Waals surface area contributed by atoms with Crippen molar-refractivity contribution in [2.24, 2.45) is 5.41 Å². The third kappa shape index (κ3) is 4.49. The van der Waals surface area contributed by atoms with E-state index >= 15 is 0 Å². The minimum atomic E-state index is -0.573. The summed E-state index contributed by atoms with van der Waals surface area (Å²) in [6.07, 6.45) is 0. The van der Waals surface area contributed by atoms with Crippen LogP contribution in [-0.2, 0) is 4.79 Å². The molecule has 0 spiro atoms. The van der Waals surface area contributed by atoms with Crippen LogP contribution in [0.4, 0.5) is 0 Å². The summed E-state index contributed by atoms with van der Waals surface area (Å²) in [5, 5.41) is 12.0. The first-order valence-electron chi connectivity index (χ1n) is 5.60. The predicted molar refractivity (Wildman–Crippen MR) is 66.2 cm³/mol. The van der Waals surface area contributed by atoms with Crippen molar-refractivity contribution in [3.05, 3.63) is 0 Å². The largest absolute Gasteiger partial charge is 0.394 e. The Morgan fingerprint density at radius 2 is 1.69 bits per heavy atom. The fraction of sp³-hybridized carbons (Fsp3) is 0.917.